The van der Waals surface area contributed by atoms with Gasteiger partial charge in [-0.25, -0.2) is 0 Å². The van der Waals surface area contributed by atoms with Gasteiger partial charge in [0.1, 0.15) is 0 Å². The number of rotatable bonds is 9. The summed E-state index contributed by atoms with van der Waals surface area (Å²) in [7, 11) is 0. The normalized spacial score (nSPS) is 12.3. The molecular weight excluding hydrogens is 234 g/mol. The molecule has 0 aromatic carbocycles. The van der Waals surface area contributed by atoms with Crippen LogP contribution < -0.4 is 5.32 Å². The molecule has 0 amide bonds. The Morgan fingerprint density at radius 3 is 2.63 bits per heavy atom. The molecule has 0 fully saturated rings. The van der Waals surface area contributed by atoms with Crippen LogP contribution in [0, 0.1) is 5.41 Å². The predicted octanol–water partition coefficient (Wildman–Crippen LogP) is 4.16. The van der Waals surface area contributed by atoms with Crippen molar-refractivity contribution < 1.29 is 0 Å². The Bertz CT molecular complexity index is 353. The van der Waals surface area contributed by atoms with Gasteiger partial charge in [0.25, 0.3) is 0 Å². The molecule has 1 rings (SSSR count). The highest BCUT2D eigenvalue weighted by Crippen LogP contribution is 2.22. The summed E-state index contributed by atoms with van der Waals surface area (Å²) in [5.74, 6) is 0. The minimum Gasteiger partial charge on any atom is -0.312 e. The molecule has 0 atom stereocenters. The molecular formula is C16H31N3. The summed E-state index contributed by atoms with van der Waals surface area (Å²) in [5, 5.41) is 7.94. The van der Waals surface area contributed by atoms with Crippen LogP contribution in [-0.2, 0) is 6.54 Å². The number of nitrogens with zero attached hydrogens (tertiary/aromatic N) is 2. The molecule has 0 saturated carbocycles. The minimum absolute atomic E-state index is 0.392. The summed E-state index contributed by atoms with van der Waals surface area (Å²) in [5.41, 5.74) is 1.67. The maximum Gasteiger partial charge on any atom is 0.0534 e. The predicted molar refractivity (Wildman–Crippen MR) is 82.2 cm³/mol. The molecule has 19 heavy (non-hydrogen) atoms. The van der Waals surface area contributed by atoms with Gasteiger partial charge in [-0.1, -0.05) is 40.0 Å². The lowest BCUT2D eigenvalue weighted by atomic mass is 9.87. The Morgan fingerprint density at radius 1 is 1.32 bits per heavy atom. The average molecular weight is 265 g/mol. The van der Waals surface area contributed by atoms with Gasteiger partial charge in [0, 0.05) is 30.9 Å². The van der Waals surface area contributed by atoms with Gasteiger partial charge in [-0.15, -0.1) is 0 Å². The van der Waals surface area contributed by atoms with E-state index < -0.39 is 0 Å². The maximum atomic E-state index is 4.37. The van der Waals surface area contributed by atoms with Crippen LogP contribution >= 0.6 is 0 Å². The van der Waals surface area contributed by atoms with E-state index >= 15 is 0 Å². The molecule has 1 aromatic heterocycles. The van der Waals surface area contributed by atoms with Crippen LogP contribution in [0.4, 0.5) is 0 Å². The molecule has 0 unspecified atom stereocenters. The highest BCUT2D eigenvalue weighted by atomic mass is 15.3. The van der Waals surface area contributed by atoms with E-state index in [4.69, 9.17) is 0 Å². The van der Waals surface area contributed by atoms with Crippen LogP contribution in [0.1, 0.15) is 71.9 Å². The second-order valence-corrected chi connectivity index (χ2v) is 6.65. The molecule has 3 heteroatoms. The number of hydrogen-bond donors (Lipinski definition) is 1. The third-order valence-corrected chi connectivity index (χ3v) is 3.57. The van der Waals surface area contributed by atoms with Gasteiger partial charge in [-0.2, -0.15) is 5.10 Å². The topological polar surface area (TPSA) is 29.9 Å². The molecule has 0 radical (unpaired) electrons. The Hall–Kier alpha value is -0.830. The fraction of sp³-hybridized carbons (Fsp3) is 0.812. The van der Waals surface area contributed by atoms with Crippen molar-refractivity contribution in [3.8, 4) is 0 Å². The Kier molecular flexibility index (Phi) is 6.56. The molecule has 0 spiro atoms. The summed E-state index contributed by atoms with van der Waals surface area (Å²) >= 11 is 0. The highest BCUT2D eigenvalue weighted by Gasteiger charge is 2.16. The second kappa shape index (κ2) is 7.68. The number of unbranched alkanes of at least 4 members (excludes halogenated alkanes) is 2. The summed E-state index contributed by atoms with van der Waals surface area (Å²) in [6, 6.07) is 0.444. The summed E-state index contributed by atoms with van der Waals surface area (Å²) in [6.07, 6.45) is 9.41. The maximum absolute atomic E-state index is 4.37. The van der Waals surface area contributed by atoms with Gasteiger partial charge in [0.15, 0.2) is 0 Å². The molecule has 1 aromatic rings. The van der Waals surface area contributed by atoms with Gasteiger partial charge in [-0.3, -0.25) is 4.68 Å². The fourth-order valence-corrected chi connectivity index (χ4v) is 2.24. The van der Waals surface area contributed by atoms with E-state index in [1.807, 2.05) is 10.9 Å². The standard InChI is InChI=1S/C16H31N3/c1-6-7-8-9-16(4,5)13-17-10-15-11-18-19(12-15)14(2)3/h11-12,14,17H,6-10,13H2,1-5H3. The first-order valence-electron chi connectivity index (χ1n) is 7.68. The third kappa shape index (κ3) is 6.24. The van der Waals surface area contributed by atoms with Crippen LogP contribution in [0.3, 0.4) is 0 Å². The zero-order chi connectivity index (χ0) is 14.3. The quantitative estimate of drug-likeness (QED) is 0.679. The zero-order valence-electron chi connectivity index (χ0n) is 13.4. The van der Waals surface area contributed by atoms with Gasteiger partial charge in [-0.05, 0) is 25.7 Å². The van der Waals surface area contributed by atoms with Crippen molar-refractivity contribution in [2.24, 2.45) is 5.41 Å². The van der Waals surface area contributed by atoms with Gasteiger partial charge in [0.2, 0.25) is 0 Å². The summed E-state index contributed by atoms with van der Waals surface area (Å²) < 4.78 is 2.02. The molecule has 1 heterocycles. The van der Waals surface area contributed by atoms with Crippen molar-refractivity contribution in [2.75, 3.05) is 6.54 Å². The molecule has 0 aliphatic heterocycles. The van der Waals surface area contributed by atoms with Gasteiger partial charge < -0.3 is 5.32 Å². The Balaban J connectivity index is 2.28. The van der Waals surface area contributed by atoms with Crippen LogP contribution in [-0.4, -0.2) is 16.3 Å². The van der Waals surface area contributed by atoms with Crippen molar-refractivity contribution in [1.82, 2.24) is 15.1 Å². The van der Waals surface area contributed by atoms with Crippen molar-refractivity contribution in [1.29, 1.82) is 0 Å². The van der Waals surface area contributed by atoms with Gasteiger partial charge in [0.05, 0.1) is 6.20 Å². The van der Waals surface area contributed by atoms with Crippen molar-refractivity contribution in [2.45, 2.75) is 72.9 Å². The van der Waals surface area contributed by atoms with E-state index in [0.29, 0.717) is 11.5 Å². The fourth-order valence-electron chi connectivity index (χ4n) is 2.24. The molecule has 0 saturated heterocycles. The van der Waals surface area contributed by atoms with Crippen LogP contribution in [0.25, 0.3) is 0 Å². The van der Waals surface area contributed by atoms with Crippen LogP contribution in [0.5, 0.6) is 0 Å². The first kappa shape index (κ1) is 16.2. The van der Waals surface area contributed by atoms with Crippen LogP contribution in [0.15, 0.2) is 12.4 Å². The van der Waals surface area contributed by atoms with E-state index in [1.54, 1.807) is 0 Å². The average Bonchev–Trinajstić information content (AvgIpc) is 2.78. The summed E-state index contributed by atoms with van der Waals surface area (Å²) in [4.78, 5) is 0. The first-order valence-corrected chi connectivity index (χ1v) is 7.68. The zero-order valence-corrected chi connectivity index (χ0v) is 13.4. The van der Waals surface area contributed by atoms with Crippen molar-refractivity contribution in [3.63, 3.8) is 0 Å². The summed E-state index contributed by atoms with van der Waals surface area (Å²) in [6.45, 7) is 13.3. The lowest BCUT2D eigenvalue weighted by Crippen LogP contribution is -2.29. The number of aromatic nitrogens is 2. The molecule has 110 valence electrons. The number of nitrogens with one attached hydrogen (secondary N) is 1. The minimum atomic E-state index is 0.392. The lowest BCUT2D eigenvalue weighted by Gasteiger charge is -2.25. The largest absolute Gasteiger partial charge is 0.312 e. The molecule has 1 N–H and O–H groups in total. The van der Waals surface area contributed by atoms with E-state index in [0.717, 1.165) is 13.1 Å². The van der Waals surface area contributed by atoms with Gasteiger partial charge >= 0.3 is 0 Å². The van der Waals surface area contributed by atoms with Crippen molar-refractivity contribution >= 4 is 0 Å². The van der Waals surface area contributed by atoms with E-state index in [-0.39, 0.29) is 0 Å². The molecule has 0 aliphatic carbocycles. The van der Waals surface area contributed by atoms with Crippen molar-refractivity contribution in [3.05, 3.63) is 18.0 Å². The third-order valence-electron chi connectivity index (χ3n) is 3.57. The first-order chi connectivity index (χ1) is 8.94. The Morgan fingerprint density at radius 2 is 2.05 bits per heavy atom. The van der Waals surface area contributed by atoms with E-state index in [1.165, 1.54) is 31.2 Å². The highest BCUT2D eigenvalue weighted by molar-refractivity contribution is 5.03. The van der Waals surface area contributed by atoms with E-state index in [2.05, 4.69) is 51.2 Å². The number of hydrogen-bond acceptors (Lipinski definition) is 2. The molecule has 0 aliphatic rings. The van der Waals surface area contributed by atoms with Crippen LogP contribution in [0.2, 0.25) is 0 Å². The van der Waals surface area contributed by atoms with E-state index in [9.17, 15) is 0 Å². The molecule has 0 bridgehead atoms. The monoisotopic (exact) mass is 265 g/mol. The second-order valence-electron chi connectivity index (χ2n) is 6.65. The smallest absolute Gasteiger partial charge is 0.0534 e. The lowest BCUT2D eigenvalue weighted by molar-refractivity contribution is 0.302. The SMILES string of the molecule is CCCCCC(C)(C)CNCc1cnn(C(C)C)c1. The Labute approximate surface area is 118 Å². The molecule has 3 nitrogen and oxygen atoms in total.